The smallest absolute Gasteiger partial charge is 0.170 e. The van der Waals surface area contributed by atoms with Gasteiger partial charge in [0, 0.05) is 15.9 Å². The summed E-state index contributed by atoms with van der Waals surface area (Å²) < 4.78 is 16.0. The third-order valence-corrected chi connectivity index (χ3v) is 18.4. The molecule has 242 valence electrons. The molecule has 0 spiro atoms. The second-order valence-corrected chi connectivity index (χ2v) is 21.4. The molecule has 3 heteroatoms. The van der Waals surface area contributed by atoms with Gasteiger partial charge in [-0.1, -0.05) is 183 Å². The fraction of sp³-hybridized carbons (Fsp3) is 0.0417. The average molecular weight is 687 g/mol. The lowest BCUT2D eigenvalue weighted by atomic mass is 9.85. The molecule has 0 saturated carbocycles. The SMILES string of the molecule is C[Si]1(C)c2ccccc2P(=O)(c2ccc3ccccc3c2)c2ccc(-c3c4ccccc4c(-c4cccc5ccccc45)c4ccccc34)cc21. The van der Waals surface area contributed by atoms with Crippen LogP contribution in [0.5, 0.6) is 0 Å². The van der Waals surface area contributed by atoms with Crippen molar-refractivity contribution in [2.24, 2.45) is 0 Å². The molecule has 1 unspecified atom stereocenters. The normalized spacial score (nSPS) is 16.4. The first-order chi connectivity index (χ1) is 24.9. The molecule has 10 rings (SSSR count). The number of fused-ring (bicyclic) bond motifs is 6. The first-order valence-electron chi connectivity index (χ1n) is 17.7. The predicted octanol–water partition coefficient (Wildman–Crippen LogP) is 10.4. The molecule has 0 aromatic heterocycles. The van der Waals surface area contributed by atoms with Crippen LogP contribution in [0.1, 0.15) is 0 Å². The summed E-state index contributed by atoms with van der Waals surface area (Å²) in [7, 11) is -5.45. The second-order valence-electron chi connectivity index (χ2n) is 14.4. The lowest BCUT2D eigenvalue weighted by Gasteiger charge is -2.38. The van der Waals surface area contributed by atoms with Crippen molar-refractivity contribution in [3.05, 3.63) is 176 Å². The highest BCUT2D eigenvalue weighted by molar-refractivity contribution is 7.87. The largest absolute Gasteiger partial charge is 0.309 e. The lowest BCUT2D eigenvalue weighted by Crippen LogP contribution is -2.67. The molecular formula is C48H35OPSi. The number of hydrogen-bond donors (Lipinski definition) is 0. The van der Waals surface area contributed by atoms with Gasteiger partial charge in [-0.25, -0.2) is 0 Å². The van der Waals surface area contributed by atoms with Crippen molar-refractivity contribution in [2.45, 2.75) is 13.1 Å². The predicted molar refractivity (Wildman–Crippen MR) is 223 cm³/mol. The summed E-state index contributed by atoms with van der Waals surface area (Å²) in [5.74, 6) is 0. The van der Waals surface area contributed by atoms with Crippen molar-refractivity contribution in [2.75, 3.05) is 0 Å². The van der Waals surface area contributed by atoms with E-state index in [4.69, 9.17) is 0 Å². The van der Waals surface area contributed by atoms with Crippen LogP contribution in [0.4, 0.5) is 0 Å². The molecule has 51 heavy (non-hydrogen) atoms. The van der Waals surface area contributed by atoms with Gasteiger partial charge in [0.05, 0.1) is 0 Å². The number of benzene rings is 9. The van der Waals surface area contributed by atoms with Crippen molar-refractivity contribution in [3.8, 4) is 22.3 Å². The molecule has 0 fully saturated rings. The Labute approximate surface area is 299 Å². The fourth-order valence-corrected chi connectivity index (χ4v) is 17.0. The minimum atomic E-state index is -3.17. The van der Waals surface area contributed by atoms with Crippen LogP contribution in [-0.4, -0.2) is 8.07 Å². The van der Waals surface area contributed by atoms with E-state index in [1.54, 1.807) is 0 Å². The van der Waals surface area contributed by atoms with Gasteiger partial charge in [0.2, 0.25) is 0 Å². The minimum absolute atomic E-state index is 0.905. The maximum absolute atomic E-state index is 16.0. The van der Waals surface area contributed by atoms with Crippen molar-refractivity contribution < 1.29 is 4.57 Å². The van der Waals surface area contributed by atoms with E-state index in [0.29, 0.717) is 0 Å². The molecule has 0 aliphatic carbocycles. The van der Waals surface area contributed by atoms with E-state index in [2.05, 4.69) is 189 Å². The van der Waals surface area contributed by atoms with Crippen molar-refractivity contribution in [1.82, 2.24) is 0 Å². The van der Waals surface area contributed by atoms with Gasteiger partial charge in [-0.15, -0.1) is 0 Å². The van der Waals surface area contributed by atoms with Crippen LogP contribution in [0.2, 0.25) is 13.1 Å². The highest BCUT2D eigenvalue weighted by atomic mass is 31.2. The first kappa shape index (κ1) is 30.3. The Morgan fingerprint density at radius 2 is 0.961 bits per heavy atom. The Balaban J connectivity index is 1.27. The highest BCUT2D eigenvalue weighted by Crippen LogP contribution is 2.48. The standard InChI is InChI=1S/C48H35OPSi/c1-51(2)45-25-12-11-24-43(45)50(49,36-28-26-32-14-3-4-16-34(32)30-36)44-29-27-35(31-46(44)51)47-39-19-7-9-21-41(39)48(42-22-10-8-20-40(42)47)38-23-13-17-33-15-5-6-18-37(33)38/h3-31H,1-2H3. The molecule has 1 nitrogen and oxygen atoms in total. The summed E-state index contributed by atoms with van der Waals surface area (Å²) in [5, 5.41) is 15.2. The molecule has 9 aromatic carbocycles. The Bertz CT molecular complexity index is 2880. The average Bonchev–Trinajstić information content (AvgIpc) is 3.18. The third kappa shape index (κ3) is 4.37. The maximum atomic E-state index is 16.0. The molecule has 0 radical (unpaired) electrons. The van der Waals surface area contributed by atoms with Crippen LogP contribution in [-0.2, 0) is 4.57 Å². The summed E-state index contributed by atoms with van der Waals surface area (Å²) in [5.41, 5.74) is 4.93. The molecule has 0 bridgehead atoms. The monoisotopic (exact) mass is 686 g/mol. The molecule has 1 heterocycles. The zero-order valence-corrected chi connectivity index (χ0v) is 30.5. The Kier molecular flexibility index (Phi) is 6.68. The van der Waals surface area contributed by atoms with Gasteiger partial charge < -0.3 is 4.57 Å². The summed E-state index contributed by atoms with van der Waals surface area (Å²) in [4.78, 5) is 0. The molecule has 0 amide bonds. The fourth-order valence-electron chi connectivity index (χ4n) is 8.84. The van der Waals surface area contributed by atoms with Gasteiger partial charge in [-0.2, -0.15) is 0 Å². The van der Waals surface area contributed by atoms with Crippen LogP contribution >= 0.6 is 7.14 Å². The quantitative estimate of drug-likeness (QED) is 0.103. The van der Waals surface area contributed by atoms with E-state index >= 15 is 4.57 Å². The first-order valence-corrected chi connectivity index (χ1v) is 22.4. The van der Waals surface area contributed by atoms with Gasteiger partial charge in [0.15, 0.2) is 7.14 Å². The summed E-state index contributed by atoms with van der Waals surface area (Å²) in [6, 6.07) is 63.3. The van der Waals surface area contributed by atoms with Gasteiger partial charge in [-0.3, -0.25) is 0 Å². The summed E-state index contributed by atoms with van der Waals surface area (Å²) in [6.45, 7) is 4.86. The van der Waals surface area contributed by atoms with E-state index in [0.717, 1.165) is 26.7 Å². The molecule has 1 aliphatic heterocycles. The van der Waals surface area contributed by atoms with Crippen LogP contribution in [0.25, 0.3) is 65.3 Å². The zero-order chi connectivity index (χ0) is 34.3. The maximum Gasteiger partial charge on any atom is 0.170 e. The molecule has 0 saturated heterocycles. The van der Waals surface area contributed by atoms with Crippen LogP contribution in [0.15, 0.2) is 176 Å². The van der Waals surface area contributed by atoms with E-state index in [9.17, 15) is 0 Å². The molecule has 1 atom stereocenters. The topological polar surface area (TPSA) is 17.1 Å². The molecule has 1 aliphatic rings. The zero-order valence-electron chi connectivity index (χ0n) is 28.6. The van der Waals surface area contributed by atoms with E-state index < -0.39 is 15.2 Å². The van der Waals surface area contributed by atoms with E-state index in [1.165, 1.54) is 64.9 Å². The van der Waals surface area contributed by atoms with Crippen LogP contribution in [0, 0.1) is 0 Å². The Morgan fingerprint density at radius 1 is 0.412 bits per heavy atom. The number of hydrogen-bond acceptors (Lipinski definition) is 1. The van der Waals surface area contributed by atoms with Gasteiger partial charge in [-0.05, 0) is 81.8 Å². The number of rotatable bonds is 3. The van der Waals surface area contributed by atoms with Crippen molar-refractivity contribution >= 4 is 84.6 Å². The van der Waals surface area contributed by atoms with Crippen molar-refractivity contribution in [1.29, 1.82) is 0 Å². The summed E-state index contributed by atoms with van der Waals surface area (Å²) >= 11 is 0. The van der Waals surface area contributed by atoms with E-state index in [-0.39, 0.29) is 0 Å². The van der Waals surface area contributed by atoms with Gasteiger partial charge >= 0.3 is 0 Å². The van der Waals surface area contributed by atoms with Crippen LogP contribution in [0.3, 0.4) is 0 Å². The van der Waals surface area contributed by atoms with Gasteiger partial charge in [0.25, 0.3) is 0 Å². The van der Waals surface area contributed by atoms with Gasteiger partial charge in [0.1, 0.15) is 8.07 Å². The minimum Gasteiger partial charge on any atom is -0.309 e. The second kappa shape index (κ2) is 11.2. The molecule has 0 N–H and O–H groups in total. The summed E-state index contributed by atoms with van der Waals surface area (Å²) in [6.07, 6.45) is 0. The molecular weight excluding hydrogens is 652 g/mol. The Morgan fingerprint density at radius 3 is 1.69 bits per heavy atom. The third-order valence-electron chi connectivity index (χ3n) is 11.3. The van der Waals surface area contributed by atoms with Crippen LogP contribution < -0.4 is 26.3 Å². The van der Waals surface area contributed by atoms with E-state index in [1.807, 2.05) is 0 Å². The highest BCUT2D eigenvalue weighted by Gasteiger charge is 2.46. The molecule has 9 aromatic rings. The lowest BCUT2D eigenvalue weighted by molar-refractivity contribution is 0.592. The van der Waals surface area contributed by atoms with Crippen molar-refractivity contribution in [3.63, 3.8) is 0 Å². The Hall–Kier alpha value is -5.53.